The Morgan fingerprint density at radius 2 is 2.00 bits per heavy atom. The Hall–Kier alpha value is -2.23. The summed E-state index contributed by atoms with van der Waals surface area (Å²) in [5.41, 5.74) is 0.240. The topological polar surface area (TPSA) is 116 Å². The van der Waals surface area contributed by atoms with Crippen LogP contribution in [0.15, 0.2) is 46.7 Å². The van der Waals surface area contributed by atoms with Crippen LogP contribution in [0.2, 0.25) is 0 Å². The number of primary sulfonamides is 1. The number of carbonyl (C=O) groups is 2. The number of hydrogen-bond acceptors (Lipinski definition) is 6. The van der Waals surface area contributed by atoms with Gasteiger partial charge in [0, 0.05) is 5.69 Å². The molecule has 0 fully saturated rings. The molecule has 0 bridgehead atoms. The average Bonchev–Trinajstić information content (AvgIpc) is 2.98. The van der Waals surface area contributed by atoms with Crippen molar-refractivity contribution in [2.75, 3.05) is 11.9 Å². The van der Waals surface area contributed by atoms with Crippen LogP contribution in [0.4, 0.5) is 5.69 Å². The highest BCUT2D eigenvalue weighted by atomic mass is 32.2. The van der Waals surface area contributed by atoms with Crippen molar-refractivity contribution in [2.24, 2.45) is 5.14 Å². The molecule has 1 aromatic heterocycles. The lowest BCUT2D eigenvalue weighted by atomic mass is 10.3. The van der Waals surface area contributed by atoms with Gasteiger partial charge in [0.1, 0.15) is 4.88 Å². The van der Waals surface area contributed by atoms with Gasteiger partial charge < -0.3 is 10.1 Å². The summed E-state index contributed by atoms with van der Waals surface area (Å²) in [6.45, 7) is -0.476. The van der Waals surface area contributed by atoms with Crippen LogP contribution in [0, 0.1) is 0 Å². The Balaban J connectivity index is 1.94. The van der Waals surface area contributed by atoms with Gasteiger partial charge in [-0.1, -0.05) is 12.1 Å². The van der Waals surface area contributed by atoms with Crippen LogP contribution in [0.1, 0.15) is 9.67 Å². The zero-order chi connectivity index (χ0) is 16.2. The summed E-state index contributed by atoms with van der Waals surface area (Å²) in [6, 6.07) is 8.73. The zero-order valence-corrected chi connectivity index (χ0v) is 12.8. The highest BCUT2D eigenvalue weighted by molar-refractivity contribution is 7.89. The van der Waals surface area contributed by atoms with Gasteiger partial charge in [-0.3, -0.25) is 4.79 Å². The van der Waals surface area contributed by atoms with Gasteiger partial charge in [-0.05, 0) is 29.6 Å². The van der Waals surface area contributed by atoms with Gasteiger partial charge in [-0.25, -0.2) is 18.4 Å². The van der Waals surface area contributed by atoms with E-state index in [2.05, 4.69) is 5.32 Å². The Morgan fingerprint density at radius 1 is 1.23 bits per heavy atom. The predicted molar refractivity (Wildman–Crippen MR) is 81.0 cm³/mol. The van der Waals surface area contributed by atoms with Crippen LogP contribution in [-0.2, 0) is 19.6 Å². The lowest BCUT2D eigenvalue weighted by Gasteiger charge is -2.07. The Labute approximate surface area is 130 Å². The number of sulfonamides is 1. The molecule has 0 spiro atoms. The zero-order valence-electron chi connectivity index (χ0n) is 11.2. The highest BCUT2D eigenvalue weighted by Gasteiger charge is 2.12. The second-order valence-corrected chi connectivity index (χ2v) is 6.68. The number of hydrogen-bond donors (Lipinski definition) is 2. The third kappa shape index (κ3) is 4.38. The molecule has 1 heterocycles. The van der Waals surface area contributed by atoms with Crippen molar-refractivity contribution < 1.29 is 22.7 Å². The first-order valence-electron chi connectivity index (χ1n) is 5.99. The number of ether oxygens (including phenoxy) is 1. The van der Waals surface area contributed by atoms with Crippen molar-refractivity contribution in [3.63, 3.8) is 0 Å². The second kappa shape index (κ2) is 6.69. The molecule has 0 atom stereocenters. The third-order valence-corrected chi connectivity index (χ3v) is 4.26. The summed E-state index contributed by atoms with van der Waals surface area (Å²) >= 11 is 1.20. The van der Waals surface area contributed by atoms with E-state index in [0.717, 1.165) is 0 Å². The molecule has 9 heteroatoms. The quantitative estimate of drug-likeness (QED) is 0.793. The van der Waals surface area contributed by atoms with E-state index in [-0.39, 0.29) is 10.6 Å². The Morgan fingerprint density at radius 3 is 2.64 bits per heavy atom. The first kappa shape index (κ1) is 16.1. The predicted octanol–water partition coefficient (Wildman–Crippen LogP) is 1.19. The van der Waals surface area contributed by atoms with Crippen LogP contribution in [0.25, 0.3) is 0 Å². The molecule has 0 aliphatic carbocycles. The van der Waals surface area contributed by atoms with Crippen LogP contribution in [0.5, 0.6) is 0 Å². The molecule has 0 unspecified atom stereocenters. The molecule has 2 rings (SSSR count). The van der Waals surface area contributed by atoms with Crippen molar-refractivity contribution in [2.45, 2.75) is 4.90 Å². The molecular weight excluding hydrogens is 328 g/mol. The summed E-state index contributed by atoms with van der Waals surface area (Å²) in [4.78, 5) is 23.5. The number of nitrogens with one attached hydrogen (secondary N) is 1. The molecule has 116 valence electrons. The minimum absolute atomic E-state index is 0.124. The van der Waals surface area contributed by atoms with Crippen molar-refractivity contribution in [1.82, 2.24) is 0 Å². The molecule has 3 N–H and O–H groups in total. The van der Waals surface area contributed by atoms with E-state index in [1.807, 2.05) is 0 Å². The summed E-state index contributed by atoms with van der Waals surface area (Å²) < 4.78 is 27.3. The van der Waals surface area contributed by atoms with Gasteiger partial charge in [0.25, 0.3) is 5.91 Å². The normalized spacial score (nSPS) is 11.0. The number of amides is 1. The summed E-state index contributed by atoms with van der Waals surface area (Å²) in [5, 5.41) is 9.14. The van der Waals surface area contributed by atoms with E-state index < -0.39 is 28.5 Å². The Kier molecular flexibility index (Phi) is 4.91. The molecule has 0 saturated carbocycles. The van der Waals surface area contributed by atoms with Crippen LogP contribution < -0.4 is 10.5 Å². The van der Waals surface area contributed by atoms with Gasteiger partial charge in [0.05, 0.1) is 4.90 Å². The molecule has 0 aliphatic heterocycles. The average molecular weight is 340 g/mol. The SMILES string of the molecule is NS(=O)(=O)c1cccc(NC(=O)COC(=O)c2cccs2)c1. The van der Waals surface area contributed by atoms with Crippen molar-refractivity contribution in [3.05, 3.63) is 46.7 Å². The number of carbonyl (C=O) groups excluding carboxylic acids is 2. The molecule has 0 radical (unpaired) electrons. The molecule has 1 aromatic carbocycles. The third-order valence-electron chi connectivity index (χ3n) is 2.50. The minimum atomic E-state index is -3.85. The molecule has 7 nitrogen and oxygen atoms in total. The number of thiophene rings is 1. The van der Waals surface area contributed by atoms with Crippen LogP contribution in [0.3, 0.4) is 0 Å². The lowest BCUT2D eigenvalue weighted by molar-refractivity contribution is -0.119. The van der Waals surface area contributed by atoms with E-state index in [1.54, 1.807) is 17.5 Å². The maximum atomic E-state index is 11.7. The number of esters is 1. The summed E-state index contributed by atoms with van der Waals surface area (Å²) in [5.74, 6) is -1.18. The maximum Gasteiger partial charge on any atom is 0.348 e. The molecule has 22 heavy (non-hydrogen) atoms. The van der Waals surface area contributed by atoms with Crippen LogP contribution in [-0.4, -0.2) is 26.9 Å². The highest BCUT2D eigenvalue weighted by Crippen LogP contribution is 2.14. The van der Waals surface area contributed by atoms with E-state index in [4.69, 9.17) is 9.88 Å². The first-order valence-corrected chi connectivity index (χ1v) is 8.42. The summed E-state index contributed by atoms with van der Waals surface area (Å²) in [7, 11) is -3.85. The van der Waals surface area contributed by atoms with Crippen molar-refractivity contribution >= 4 is 38.9 Å². The van der Waals surface area contributed by atoms with Crippen LogP contribution >= 0.6 is 11.3 Å². The standard InChI is InChI=1S/C13H12N2O5S2/c14-22(18,19)10-4-1-3-9(7-10)15-12(16)8-20-13(17)11-5-2-6-21-11/h1-7H,8H2,(H,15,16)(H2,14,18,19). The van der Waals surface area contributed by atoms with Gasteiger partial charge in [-0.15, -0.1) is 11.3 Å². The first-order chi connectivity index (χ1) is 10.4. The molecular formula is C13H12N2O5S2. The molecule has 1 amide bonds. The van der Waals surface area contributed by atoms with E-state index in [1.165, 1.54) is 35.6 Å². The Bertz CT molecular complexity index is 785. The number of rotatable bonds is 5. The minimum Gasteiger partial charge on any atom is -0.451 e. The lowest BCUT2D eigenvalue weighted by Crippen LogP contribution is -2.21. The monoisotopic (exact) mass is 340 g/mol. The van der Waals surface area contributed by atoms with Gasteiger partial charge in [0.15, 0.2) is 6.61 Å². The van der Waals surface area contributed by atoms with Crippen molar-refractivity contribution in [1.29, 1.82) is 0 Å². The van der Waals surface area contributed by atoms with E-state index >= 15 is 0 Å². The molecule has 0 aliphatic rings. The molecule has 0 saturated heterocycles. The van der Waals surface area contributed by atoms with Gasteiger partial charge in [-0.2, -0.15) is 0 Å². The fourth-order valence-electron chi connectivity index (χ4n) is 1.54. The van der Waals surface area contributed by atoms with Crippen molar-refractivity contribution in [3.8, 4) is 0 Å². The fraction of sp³-hybridized carbons (Fsp3) is 0.0769. The maximum absolute atomic E-state index is 11.7. The number of benzene rings is 1. The second-order valence-electron chi connectivity index (χ2n) is 4.17. The largest absolute Gasteiger partial charge is 0.451 e. The fourth-order valence-corrected chi connectivity index (χ4v) is 2.72. The van der Waals surface area contributed by atoms with Gasteiger partial charge in [0.2, 0.25) is 10.0 Å². The number of anilines is 1. The molecule has 2 aromatic rings. The number of nitrogens with two attached hydrogens (primary N) is 1. The summed E-state index contributed by atoms with van der Waals surface area (Å²) in [6.07, 6.45) is 0. The van der Waals surface area contributed by atoms with E-state index in [9.17, 15) is 18.0 Å². The smallest absolute Gasteiger partial charge is 0.348 e. The van der Waals surface area contributed by atoms with E-state index in [0.29, 0.717) is 4.88 Å². The van der Waals surface area contributed by atoms with Gasteiger partial charge >= 0.3 is 5.97 Å².